The SMILES string of the molecule is CCOc1ccc(Sc2[nH]c3ccccc3[n+]2CCN2CCCC2)cc1. The van der Waals surface area contributed by atoms with Crippen molar-refractivity contribution in [3.05, 3.63) is 48.5 Å². The zero-order chi connectivity index (χ0) is 17.8. The number of nitrogens with one attached hydrogen (secondary N) is 1. The number of likely N-dealkylation sites (tertiary alicyclic amines) is 1. The van der Waals surface area contributed by atoms with E-state index in [9.17, 15) is 0 Å². The van der Waals surface area contributed by atoms with Crippen molar-refractivity contribution in [1.29, 1.82) is 0 Å². The van der Waals surface area contributed by atoms with Crippen molar-refractivity contribution in [1.82, 2.24) is 9.88 Å². The number of hydrogen-bond acceptors (Lipinski definition) is 3. The van der Waals surface area contributed by atoms with Gasteiger partial charge in [-0.2, -0.15) is 0 Å². The highest BCUT2D eigenvalue weighted by Crippen LogP contribution is 2.28. The van der Waals surface area contributed by atoms with Crippen LogP contribution in [0.3, 0.4) is 0 Å². The number of benzene rings is 2. The van der Waals surface area contributed by atoms with E-state index in [-0.39, 0.29) is 0 Å². The summed E-state index contributed by atoms with van der Waals surface area (Å²) in [5.74, 6) is 0.926. The van der Waals surface area contributed by atoms with Gasteiger partial charge in [0.25, 0.3) is 0 Å². The van der Waals surface area contributed by atoms with E-state index in [0.717, 1.165) is 18.8 Å². The topological polar surface area (TPSA) is 32.1 Å². The van der Waals surface area contributed by atoms with Gasteiger partial charge in [0.15, 0.2) is 11.0 Å². The molecular formula is C21H26N3OS+. The molecular weight excluding hydrogens is 342 g/mol. The molecule has 1 aliphatic heterocycles. The fourth-order valence-corrected chi connectivity index (χ4v) is 4.50. The molecule has 4 rings (SSSR count). The maximum atomic E-state index is 5.55. The number of imidazole rings is 1. The Labute approximate surface area is 159 Å². The lowest BCUT2D eigenvalue weighted by atomic mass is 10.3. The van der Waals surface area contributed by atoms with E-state index in [4.69, 9.17) is 4.74 Å². The zero-order valence-electron chi connectivity index (χ0n) is 15.3. The molecule has 2 aromatic carbocycles. The van der Waals surface area contributed by atoms with Crippen molar-refractivity contribution in [2.75, 3.05) is 26.2 Å². The van der Waals surface area contributed by atoms with Crippen LogP contribution in [-0.2, 0) is 6.54 Å². The van der Waals surface area contributed by atoms with Crippen LogP contribution in [0.1, 0.15) is 19.8 Å². The fourth-order valence-electron chi connectivity index (χ4n) is 3.54. The van der Waals surface area contributed by atoms with E-state index in [1.807, 2.05) is 19.1 Å². The molecule has 0 saturated carbocycles. The summed E-state index contributed by atoms with van der Waals surface area (Å²) in [4.78, 5) is 7.39. The molecule has 1 N–H and O–H groups in total. The molecule has 5 heteroatoms. The third-order valence-electron chi connectivity index (χ3n) is 4.87. The molecule has 26 heavy (non-hydrogen) atoms. The lowest BCUT2D eigenvalue weighted by Crippen LogP contribution is -2.40. The highest BCUT2D eigenvalue weighted by molar-refractivity contribution is 7.99. The molecule has 1 aliphatic rings. The average molecular weight is 369 g/mol. The molecule has 3 aromatic rings. The molecule has 0 atom stereocenters. The van der Waals surface area contributed by atoms with Crippen LogP contribution >= 0.6 is 11.8 Å². The van der Waals surface area contributed by atoms with E-state index in [0.29, 0.717) is 6.61 Å². The fraction of sp³-hybridized carbons (Fsp3) is 0.381. The molecule has 0 aliphatic carbocycles. The number of nitrogens with zero attached hydrogens (tertiary/aromatic N) is 2. The maximum absolute atomic E-state index is 5.55. The number of ether oxygens (including phenoxy) is 1. The molecule has 2 heterocycles. The standard InChI is InChI=1S/C21H25N3OS/c1-2-25-17-9-11-18(12-10-17)26-21-22-19-7-3-4-8-20(19)24(21)16-15-23-13-5-6-14-23/h3-4,7-12H,2,5-6,13-16H2,1H3/p+1. The molecule has 4 nitrogen and oxygen atoms in total. The summed E-state index contributed by atoms with van der Waals surface area (Å²) < 4.78 is 7.98. The van der Waals surface area contributed by atoms with Crippen LogP contribution in [0, 0.1) is 0 Å². The van der Waals surface area contributed by atoms with Gasteiger partial charge in [-0.05, 0) is 81.0 Å². The molecule has 1 fully saturated rings. The first-order chi connectivity index (χ1) is 12.8. The number of rotatable bonds is 7. The number of H-pyrrole nitrogens is 1. The maximum Gasteiger partial charge on any atom is 0.321 e. The van der Waals surface area contributed by atoms with Crippen molar-refractivity contribution in [2.45, 2.75) is 36.4 Å². The zero-order valence-corrected chi connectivity index (χ0v) is 16.1. The van der Waals surface area contributed by atoms with Gasteiger partial charge in [0.1, 0.15) is 12.3 Å². The van der Waals surface area contributed by atoms with Crippen LogP contribution < -0.4 is 9.30 Å². The van der Waals surface area contributed by atoms with Gasteiger partial charge in [0.2, 0.25) is 0 Å². The quantitative estimate of drug-likeness (QED) is 0.637. The Morgan fingerprint density at radius 3 is 2.62 bits per heavy atom. The summed E-state index contributed by atoms with van der Waals surface area (Å²) >= 11 is 1.78. The third kappa shape index (κ3) is 3.89. The van der Waals surface area contributed by atoms with Gasteiger partial charge in [-0.1, -0.05) is 12.1 Å². The largest absolute Gasteiger partial charge is 0.494 e. The van der Waals surface area contributed by atoms with Gasteiger partial charge in [-0.3, -0.25) is 4.90 Å². The van der Waals surface area contributed by atoms with Gasteiger partial charge >= 0.3 is 5.16 Å². The number of aromatic amines is 1. The molecule has 136 valence electrons. The predicted molar refractivity (Wildman–Crippen MR) is 106 cm³/mol. The predicted octanol–water partition coefficient (Wildman–Crippen LogP) is 4.10. The lowest BCUT2D eigenvalue weighted by molar-refractivity contribution is -0.708. The minimum Gasteiger partial charge on any atom is -0.494 e. The lowest BCUT2D eigenvalue weighted by Gasteiger charge is -2.13. The van der Waals surface area contributed by atoms with E-state index in [2.05, 4.69) is 50.8 Å². The Morgan fingerprint density at radius 2 is 1.85 bits per heavy atom. The first kappa shape index (κ1) is 17.4. The second-order valence-corrected chi connectivity index (χ2v) is 7.72. The van der Waals surface area contributed by atoms with Crippen molar-refractivity contribution in [2.24, 2.45) is 0 Å². The van der Waals surface area contributed by atoms with Gasteiger partial charge in [-0.15, -0.1) is 0 Å². The Hall–Kier alpha value is -1.98. The summed E-state index contributed by atoms with van der Waals surface area (Å²) in [5, 5.41) is 1.19. The van der Waals surface area contributed by atoms with E-state index < -0.39 is 0 Å². The summed E-state index contributed by atoms with van der Waals surface area (Å²) in [6, 6.07) is 16.9. The molecule has 0 unspecified atom stereocenters. The Bertz CT molecular complexity index is 853. The molecule has 0 amide bonds. The van der Waals surface area contributed by atoms with Gasteiger partial charge in [0.05, 0.1) is 6.61 Å². The number of aromatic nitrogens is 2. The first-order valence-electron chi connectivity index (χ1n) is 9.47. The Balaban J connectivity index is 1.57. The highest BCUT2D eigenvalue weighted by atomic mass is 32.2. The first-order valence-corrected chi connectivity index (χ1v) is 10.3. The number of para-hydroxylation sites is 2. The van der Waals surface area contributed by atoms with Crippen LogP contribution in [0.2, 0.25) is 0 Å². The molecule has 1 saturated heterocycles. The average Bonchev–Trinajstić information content (AvgIpc) is 3.29. The van der Waals surface area contributed by atoms with Crippen LogP contribution in [0.15, 0.2) is 58.6 Å². The van der Waals surface area contributed by atoms with E-state index in [1.54, 1.807) is 11.8 Å². The minimum atomic E-state index is 0.699. The second-order valence-electron chi connectivity index (χ2n) is 6.65. The number of fused-ring (bicyclic) bond motifs is 1. The normalized spacial score (nSPS) is 15.0. The minimum absolute atomic E-state index is 0.699. The van der Waals surface area contributed by atoms with Gasteiger partial charge in [0, 0.05) is 11.4 Å². The number of hydrogen-bond donors (Lipinski definition) is 1. The van der Waals surface area contributed by atoms with Crippen LogP contribution in [0.25, 0.3) is 11.0 Å². The smallest absolute Gasteiger partial charge is 0.321 e. The molecule has 0 radical (unpaired) electrons. The van der Waals surface area contributed by atoms with Crippen LogP contribution in [0.4, 0.5) is 0 Å². The molecule has 0 spiro atoms. The monoisotopic (exact) mass is 368 g/mol. The summed E-state index contributed by atoms with van der Waals surface area (Å²) in [6.45, 7) is 7.32. The van der Waals surface area contributed by atoms with Crippen LogP contribution in [0.5, 0.6) is 5.75 Å². The van der Waals surface area contributed by atoms with Crippen molar-refractivity contribution in [3.63, 3.8) is 0 Å². The third-order valence-corrected chi connectivity index (χ3v) is 5.89. The Kier molecular flexibility index (Phi) is 5.46. The Morgan fingerprint density at radius 1 is 1.08 bits per heavy atom. The molecule has 1 aromatic heterocycles. The molecule has 0 bridgehead atoms. The second kappa shape index (κ2) is 8.14. The van der Waals surface area contributed by atoms with Crippen LogP contribution in [-0.4, -0.2) is 36.1 Å². The summed E-state index contributed by atoms with van der Waals surface area (Å²) in [7, 11) is 0. The van der Waals surface area contributed by atoms with Crippen molar-refractivity contribution in [3.8, 4) is 5.75 Å². The van der Waals surface area contributed by atoms with Crippen molar-refractivity contribution >= 4 is 22.8 Å². The summed E-state index contributed by atoms with van der Waals surface area (Å²) in [6.07, 6.45) is 2.68. The van der Waals surface area contributed by atoms with E-state index in [1.165, 1.54) is 47.0 Å². The van der Waals surface area contributed by atoms with E-state index >= 15 is 0 Å². The van der Waals surface area contributed by atoms with Crippen molar-refractivity contribution < 1.29 is 9.30 Å². The van der Waals surface area contributed by atoms with Gasteiger partial charge < -0.3 is 4.74 Å². The summed E-state index contributed by atoms with van der Waals surface area (Å²) in [5.41, 5.74) is 2.47. The highest BCUT2D eigenvalue weighted by Gasteiger charge is 2.21. The van der Waals surface area contributed by atoms with Gasteiger partial charge in [-0.25, -0.2) is 9.55 Å².